The Bertz CT molecular complexity index is 556. The van der Waals surface area contributed by atoms with Gasteiger partial charge in [0.25, 0.3) is 0 Å². The van der Waals surface area contributed by atoms with E-state index in [1.54, 1.807) is 0 Å². The number of hydrogen-bond donors (Lipinski definition) is 1. The average molecular weight is 225 g/mol. The van der Waals surface area contributed by atoms with E-state index in [-0.39, 0.29) is 22.0 Å². The summed E-state index contributed by atoms with van der Waals surface area (Å²) in [4.78, 5) is 13.9. The maximum atomic E-state index is 10.7. The van der Waals surface area contributed by atoms with Gasteiger partial charge in [0, 0.05) is 11.6 Å². The van der Waals surface area contributed by atoms with Crippen molar-refractivity contribution in [2.24, 2.45) is 0 Å². The van der Waals surface area contributed by atoms with E-state index in [0.717, 1.165) is 0 Å². The molecule has 1 heterocycles. The summed E-state index contributed by atoms with van der Waals surface area (Å²) in [6.07, 6.45) is 1.36. The van der Waals surface area contributed by atoms with Gasteiger partial charge >= 0.3 is 5.69 Å². The third-order valence-corrected chi connectivity index (χ3v) is 2.33. The summed E-state index contributed by atoms with van der Waals surface area (Å²) in [5, 5.41) is 21.0. The van der Waals surface area contributed by atoms with Gasteiger partial charge in [0.2, 0.25) is 0 Å². The number of aromatic hydroxyl groups is 1. The van der Waals surface area contributed by atoms with Crippen LogP contribution in [0.5, 0.6) is 5.75 Å². The third-order valence-electron chi connectivity index (χ3n) is 2.03. The minimum atomic E-state index is -0.645. The highest BCUT2D eigenvalue weighted by Crippen LogP contribution is 2.35. The number of pyridine rings is 1. The molecule has 0 saturated heterocycles. The molecule has 0 aliphatic rings. The Labute approximate surface area is 89.1 Å². The van der Waals surface area contributed by atoms with Gasteiger partial charge in [0.15, 0.2) is 5.75 Å². The maximum absolute atomic E-state index is 10.7. The molecule has 0 aliphatic heterocycles. The zero-order chi connectivity index (χ0) is 11.0. The van der Waals surface area contributed by atoms with Gasteiger partial charge in [-0.25, -0.2) is 4.98 Å². The molecule has 5 nitrogen and oxygen atoms in total. The summed E-state index contributed by atoms with van der Waals surface area (Å²) in [5.74, 6) is -0.380. The Kier molecular flexibility index (Phi) is 2.17. The van der Waals surface area contributed by atoms with Crippen molar-refractivity contribution in [2.45, 2.75) is 0 Å². The van der Waals surface area contributed by atoms with Crippen LogP contribution in [-0.2, 0) is 0 Å². The van der Waals surface area contributed by atoms with Crippen LogP contribution in [0.2, 0.25) is 5.15 Å². The number of benzene rings is 1. The zero-order valence-corrected chi connectivity index (χ0v) is 8.10. The summed E-state index contributed by atoms with van der Waals surface area (Å²) >= 11 is 5.77. The molecule has 1 aromatic heterocycles. The van der Waals surface area contributed by atoms with Crippen LogP contribution < -0.4 is 0 Å². The highest BCUT2D eigenvalue weighted by Gasteiger charge is 2.18. The molecule has 0 saturated carbocycles. The topological polar surface area (TPSA) is 76.3 Å². The van der Waals surface area contributed by atoms with Gasteiger partial charge in [-0.2, -0.15) is 0 Å². The second-order valence-corrected chi connectivity index (χ2v) is 3.25. The van der Waals surface area contributed by atoms with E-state index in [1.165, 1.54) is 24.4 Å². The summed E-state index contributed by atoms with van der Waals surface area (Å²) in [7, 11) is 0. The van der Waals surface area contributed by atoms with Gasteiger partial charge in [-0.05, 0) is 18.2 Å². The Hall–Kier alpha value is -1.88. The fourth-order valence-corrected chi connectivity index (χ4v) is 1.60. The summed E-state index contributed by atoms with van der Waals surface area (Å²) in [5.41, 5.74) is -0.350. The molecular weight excluding hydrogens is 220 g/mol. The van der Waals surface area contributed by atoms with Crippen LogP contribution in [-0.4, -0.2) is 15.0 Å². The second-order valence-electron chi connectivity index (χ2n) is 2.89. The average Bonchev–Trinajstić information content (AvgIpc) is 2.17. The van der Waals surface area contributed by atoms with Gasteiger partial charge in [-0.15, -0.1) is 0 Å². The molecule has 0 fully saturated rings. The molecule has 0 amide bonds. The van der Waals surface area contributed by atoms with Crippen LogP contribution in [0.4, 0.5) is 5.69 Å². The molecule has 0 bridgehead atoms. The molecule has 2 aromatic rings. The summed E-state index contributed by atoms with van der Waals surface area (Å²) in [6.45, 7) is 0. The van der Waals surface area contributed by atoms with E-state index in [1.807, 2.05) is 0 Å². The van der Waals surface area contributed by atoms with Crippen LogP contribution in [0.1, 0.15) is 0 Å². The fraction of sp³-hybridized carbons (Fsp3) is 0. The van der Waals surface area contributed by atoms with Crippen LogP contribution in [0.25, 0.3) is 10.8 Å². The van der Waals surface area contributed by atoms with E-state index in [2.05, 4.69) is 4.98 Å². The Morgan fingerprint density at radius 1 is 1.33 bits per heavy atom. The molecule has 0 spiro atoms. The van der Waals surface area contributed by atoms with E-state index in [9.17, 15) is 15.2 Å². The molecule has 1 N–H and O–H groups in total. The zero-order valence-electron chi connectivity index (χ0n) is 7.35. The molecule has 15 heavy (non-hydrogen) atoms. The van der Waals surface area contributed by atoms with Crippen molar-refractivity contribution in [3.8, 4) is 5.75 Å². The lowest BCUT2D eigenvalue weighted by molar-refractivity contribution is -0.384. The van der Waals surface area contributed by atoms with E-state index in [0.29, 0.717) is 5.39 Å². The van der Waals surface area contributed by atoms with Gasteiger partial charge in [0.1, 0.15) is 5.15 Å². The first kappa shape index (κ1) is 9.67. The molecule has 2 rings (SSSR count). The van der Waals surface area contributed by atoms with Crippen molar-refractivity contribution in [1.29, 1.82) is 0 Å². The molecule has 0 atom stereocenters. The molecule has 6 heteroatoms. The lowest BCUT2D eigenvalue weighted by Gasteiger charge is -2.01. The molecule has 0 unspecified atom stereocenters. The van der Waals surface area contributed by atoms with Crippen molar-refractivity contribution in [3.63, 3.8) is 0 Å². The number of nitro benzene ring substituents is 1. The van der Waals surface area contributed by atoms with E-state index in [4.69, 9.17) is 11.6 Å². The van der Waals surface area contributed by atoms with Crippen LogP contribution in [0.15, 0.2) is 24.4 Å². The van der Waals surface area contributed by atoms with Crippen LogP contribution >= 0.6 is 11.6 Å². The second kappa shape index (κ2) is 3.36. The largest absolute Gasteiger partial charge is 0.502 e. The predicted octanol–water partition coefficient (Wildman–Crippen LogP) is 2.50. The number of aromatic nitrogens is 1. The highest BCUT2D eigenvalue weighted by atomic mass is 35.5. The first-order chi connectivity index (χ1) is 7.11. The molecule has 1 aromatic carbocycles. The number of halogens is 1. The smallest absolute Gasteiger partial charge is 0.318 e. The normalized spacial score (nSPS) is 10.5. The number of phenols is 1. The van der Waals surface area contributed by atoms with Gasteiger partial charge < -0.3 is 5.11 Å². The van der Waals surface area contributed by atoms with Gasteiger partial charge in [-0.3, -0.25) is 10.1 Å². The third kappa shape index (κ3) is 1.46. The number of phenolic OH excluding ortho intramolecular Hbond substituents is 1. The van der Waals surface area contributed by atoms with Crippen molar-refractivity contribution in [1.82, 2.24) is 4.98 Å². The first-order valence-electron chi connectivity index (χ1n) is 4.02. The minimum absolute atomic E-state index is 0.176. The van der Waals surface area contributed by atoms with Gasteiger partial charge in [-0.1, -0.05) is 11.6 Å². The molecule has 0 aliphatic carbocycles. The number of nitrogens with zero attached hydrogens (tertiary/aromatic N) is 2. The number of fused-ring (bicyclic) bond motifs is 1. The van der Waals surface area contributed by atoms with Gasteiger partial charge in [0.05, 0.1) is 10.3 Å². The maximum Gasteiger partial charge on any atom is 0.318 e. The van der Waals surface area contributed by atoms with Crippen LogP contribution in [0, 0.1) is 10.1 Å². The number of hydrogen-bond acceptors (Lipinski definition) is 4. The van der Waals surface area contributed by atoms with E-state index >= 15 is 0 Å². The first-order valence-corrected chi connectivity index (χ1v) is 4.39. The molecular formula is C9H5ClN2O3. The van der Waals surface area contributed by atoms with Crippen LogP contribution in [0.3, 0.4) is 0 Å². The van der Waals surface area contributed by atoms with Crippen molar-refractivity contribution >= 4 is 28.1 Å². The van der Waals surface area contributed by atoms with E-state index < -0.39 is 4.92 Å². The SMILES string of the molecule is O=[N+]([O-])c1c(O)ccc2c(Cl)nccc12. The summed E-state index contributed by atoms with van der Waals surface area (Å²) < 4.78 is 0. The lowest BCUT2D eigenvalue weighted by atomic mass is 10.1. The van der Waals surface area contributed by atoms with Crippen molar-refractivity contribution in [3.05, 3.63) is 39.7 Å². The molecule has 0 radical (unpaired) electrons. The highest BCUT2D eigenvalue weighted by molar-refractivity contribution is 6.34. The minimum Gasteiger partial charge on any atom is -0.502 e. The Balaban J connectivity index is 2.94. The molecule has 76 valence electrons. The fourth-order valence-electron chi connectivity index (χ4n) is 1.38. The number of rotatable bonds is 1. The lowest BCUT2D eigenvalue weighted by Crippen LogP contribution is -1.91. The van der Waals surface area contributed by atoms with Crippen molar-refractivity contribution < 1.29 is 10.0 Å². The monoisotopic (exact) mass is 224 g/mol. The summed E-state index contributed by atoms with van der Waals surface area (Å²) in [6, 6.07) is 4.17. The quantitative estimate of drug-likeness (QED) is 0.459. The Morgan fingerprint density at radius 2 is 2.07 bits per heavy atom. The standard InChI is InChI=1S/C9H5ClN2O3/c10-9-6-1-2-7(13)8(12(14)15)5(6)3-4-11-9/h1-4,13H. The van der Waals surface area contributed by atoms with Crippen molar-refractivity contribution in [2.75, 3.05) is 0 Å². The Morgan fingerprint density at radius 3 is 2.73 bits per heavy atom. The number of nitro groups is 1. The predicted molar refractivity (Wildman–Crippen MR) is 55.1 cm³/mol.